The van der Waals surface area contributed by atoms with E-state index in [0.717, 1.165) is 25.9 Å². The van der Waals surface area contributed by atoms with Crippen LogP contribution in [0.15, 0.2) is 24.5 Å². The molecule has 0 aliphatic heterocycles. The molecule has 16 heavy (non-hydrogen) atoms. The number of hydrogen-bond donors (Lipinski definition) is 1. The lowest BCUT2D eigenvalue weighted by Crippen LogP contribution is -2.43. The first kappa shape index (κ1) is 12.6. The third-order valence-corrected chi connectivity index (χ3v) is 2.19. The summed E-state index contributed by atoms with van der Waals surface area (Å²) in [4.78, 5) is 15.7. The molecule has 0 aromatic carbocycles. The molecule has 0 radical (unpaired) electrons. The number of carbonyl (C=O) groups is 1. The van der Waals surface area contributed by atoms with Crippen LogP contribution in [0.4, 0.5) is 0 Å². The van der Waals surface area contributed by atoms with E-state index < -0.39 is 0 Å². The zero-order chi connectivity index (χ0) is 11.8. The molecule has 1 N–H and O–H groups in total. The predicted molar refractivity (Wildman–Crippen MR) is 63.9 cm³/mol. The van der Waals surface area contributed by atoms with Gasteiger partial charge in [-0.05, 0) is 25.0 Å². The number of hydrogen-bond acceptors (Lipinski definition) is 3. The van der Waals surface area contributed by atoms with E-state index in [9.17, 15) is 4.79 Å². The van der Waals surface area contributed by atoms with Crippen LogP contribution in [-0.2, 0) is 0 Å². The molecule has 0 aliphatic carbocycles. The first-order valence-corrected chi connectivity index (χ1v) is 5.73. The number of rotatable bonds is 6. The van der Waals surface area contributed by atoms with Gasteiger partial charge in [-0.15, -0.1) is 0 Å². The van der Waals surface area contributed by atoms with Crippen molar-refractivity contribution in [2.75, 3.05) is 13.1 Å². The molecule has 0 fully saturated rings. The molecule has 0 atom stereocenters. The monoisotopic (exact) mass is 221 g/mol. The van der Waals surface area contributed by atoms with Crippen LogP contribution >= 0.6 is 0 Å². The second-order valence-electron chi connectivity index (χ2n) is 3.66. The van der Waals surface area contributed by atoms with Crippen molar-refractivity contribution in [2.45, 2.75) is 26.7 Å². The Morgan fingerprint density at radius 1 is 1.25 bits per heavy atom. The topological polar surface area (TPSA) is 45.2 Å². The molecule has 4 nitrogen and oxygen atoms in total. The van der Waals surface area contributed by atoms with E-state index in [1.807, 2.05) is 5.01 Å². The normalized spacial score (nSPS) is 10.4. The highest BCUT2D eigenvalue weighted by Crippen LogP contribution is 1.97. The summed E-state index contributed by atoms with van der Waals surface area (Å²) in [5.74, 6) is -0.0655. The van der Waals surface area contributed by atoms with Crippen molar-refractivity contribution in [2.24, 2.45) is 0 Å². The molecule has 1 amide bonds. The summed E-state index contributed by atoms with van der Waals surface area (Å²) in [6, 6.07) is 3.43. The molecule has 4 heteroatoms. The Morgan fingerprint density at radius 2 is 1.81 bits per heavy atom. The molecular formula is C12H19N3O. The van der Waals surface area contributed by atoms with Gasteiger partial charge in [0, 0.05) is 31.0 Å². The van der Waals surface area contributed by atoms with Gasteiger partial charge in [0.1, 0.15) is 0 Å². The molecule has 1 rings (SSSR count). The number of amides is 1. The van der Waals surface area contributed by atoms with Crippen LogP contribution in [0.3, 0.4) is 0 Å². The number of aromatic nitrogens is 1. The fourth-order valence-electron chi connectivity index (χ4n) is 1.47. The first-order chi connectivity index (χ1) is 7.77. The molecule has 88 valence electrons. The standard InChI is InChI=1S/C12H19N3O/c1-3-9-15(10-4-2)14-12(16)11-5-7-13-8-6-11/h5-8H,3-4,9-10H2,1-2H3,(H,14,16). The van der Waals surface area contributed by atoms with Crippen LogP contribution in [0.25, 0.3) is 0 Å². The van der Waals surface area contributed by atoms with Crippen LogP contribution in [0.2, 0.25) is 0 Å². The van der Waals surface area contributed by atoms with Crippen molar-refractivity contribution in [3.8, 4) is 0 Å². The predicted octanol–water partition coefficient (Wildman–Crippen LogP) is 1.85. The average Bonchev–Trinajstić information content (AvgIpc) is 2.31. The molecular weight excluding hydrogens is 202 g/mol. The van der Waals surface area contributed by atoms with Crippen molar-refractivity contribution in [1.82, 2.24) is 15.4 Å². The fraction of sp³-hybridized carbons (Fsp3) is 0.500. The number of nitrogens with zero attached hydrogens (tertiary/aromatic N) is 2. The maximum absolute atomic E-state index is 11.8. The summed E-state index contributed by atoms with van der Waals surface area (Å²) in [6.07, 6.45) is 5.30. The van der Waals surface area contributed by atoms with Crippen LogP contribution < -0.4 is 5.43 Å². The van der Waals surface area contributed by atoms with Crippen LogP contribution in [0.5, 0.6) is 0 Å². The quantitative estimate of drug-likeness (QED) is 0.746. The fourth-order valence-corrected chi connectivity index (χ4v) is 1.47. The number of hydrazine groups is 1. The van der Waals surface area contributed by atoms with Crippen LogP contribution in [0.1, 0.15) is 37.0 Å². The lowest BCUT2D eigenvalue weighted by molar-refractivity contribution is 0.0788. The van der Waals surface area contributed by atoms with E-state index in [1.54, 1.807) is 24.5 Å². The third-order valence-electron chi connectivity index (χ3n) is 2.19. The lowest BCUT2D eigenvalue weighted by atomic mass is 10.2. The Labute approximate surface area is 96.6 Å². The lowest BCUT2D eigenvalue weighted by Gasteiger charge is -2.21. The largest absolute Gasteiger partial charge is 0.285 e. The van der Waals surface area contributed by atoms with Gasteiger partial charge in [-0.3, -0.25) is 15.2 Å². The third kappa shape index (κ3) is 3.98. The van der Waals surface area contributed by atoms with Crippen molar-refractivity contribution in [3.05, 3.63) is 30.1 Å². The van der Waals surface area contributed by atoms with Crippen molar-refractivity contribution < 1.29 is 4.79 Å². The Bertz CT molecular complexity index is 307. The second kappa shape index (κ2) is 6.95. The maximum atomic E-state index is 11.8. The van der Waals surface area contributed by atoms with E-state index in [2.05, 4.69) is 24.3 Å². The van der Waals surface area contributed by atoms with Gasteiger partial charge < -0.3 is 0 Å². The van der Waals surface area contributed by atoms with E-state index in [-0.39, 0.29) is 5.91 Å². The SMILES string of the molecule is CCCN(CCC)NC(=O)c1ccncc1. The summed E-state index contributed by atoms with van der Waals surface area (Å²) in [7, 11) is 0. The molecule has 0 spiro atoms. The van der Waals surface area contributed by atoms with Gasteiger partial charge in [0.15, 0.2) is 0 Å². The molecule has 0 aliphatic rings. The van der Waals surface area contributed by atoms with Gasteiger partial charge in [-0.1, -0.05) is 13.8 Å². The first-order valence-electron chi connectivity index (χ1n) is 5.73. The molecule has 0 saturated heterocycles. The zero-order valence-corrected chi connectivity index (χ0v) is 9.94. The number of carbonyl (C=O) groups excluding carboxylic acids is 1. The molecule has 0 bridgehead atoms. The van der Waals surface area contributed by atoms with E-state index in [4.69, 9.17) is 0 Å². The summed E-state index contributed by atoms with van der Waals surface area (Å²) in [6.45, 7) is 5.96. The van der Waals surface area contributed by atoms with Gasteiger partial charge in [-0.2, -0.15) is 0 Å². The number of nitrogens with one attached hydrogen (secondary N) is 1. The van der Waals surface area contributed by atoms with Crippen LogP contribution in [-0.4, -0.2) is 29.0 Å². The Morgan fingerprint density at radius 3 is 2.31 bits per heavy atom. The highest BCUT2D eigenvalue weighted by atomic mass is 16.2. The van der Waals surface area contributed by atoms with E-state index in [1.165, 1.54) is 0 Å². The maximum Gasteiger partial charge on any atom is 0.265 e. The van der Waals surface area contributed by atoms with Gasteiger partial charge in [0.2, 0.25) is 0 Å². The number of pyridine rings is 1. The highest BCUT2D eigenvalue weighted by molar-refractivity contribution is 5.93. The van der Waals surface area contributed by atoms with Gasteiger partial charge >= 0.3 is 0 Å². The van der Waals surface area contributed by atoms with Gasteiger partial charge in [0.05, 0.1) is 0 Å². The van der Waals surface area contributed by atoms with E-state index >= 15 is 0 Å². The highest BCUT2D eigenvalue weighted by Gasteiger charge is 2.09. The minimum Gasteiger partial charge on any atom is -0.285 e. The summed E-state index contributed by atoms with van der Waals surface area (Å²) in [5, 5.41) is 1.96. The second-order valence-corrected chi connectivity index (χ2v) is 3.66. The summed E-state index contributed by atoms with van der Waals surface area (Å²) < 4.78 is 0. The Kier molecular flexibility index (Phi) is 5.50. The molecule has 1 aromatic heterocycles. The molecule has 0 saturated carbocycles. The van der Waals surface area contributed by atoms with E-state index in [0.29, 0.717) is 5.56 Å². The summed E-state index contributed by atoms with van der Waals surface area (Å²) in [5.41, 5.74) is 3.55. The van der Waals surface area contributed by atoms with Crippen molar-refractivity contribution >= 4 is 5.91 Å². The van der Waals surface area contributed by atoms with Crippen molar-refractivity contribution in [1.29, 1.82) is 0 Å². The zero-order valence-electron chi connectivity index (χ0n) is 9.94. The van der Waals surface area contributed by atoms with Gasteiger partial charge in [-0.25, -0.2) is 5.01 Å². The molecule has 1 heterocycles. The molecule has 0 unspecified atom stereocenters. The molecule has 1 aromatic rings. The van der Waals surface area contributed by atoms with Gasteiger partial charge in [0.25, 0.3) is 5.91 Å². The Balaban J connectivity index is 2.54. The smallest absolute Gasteiger partial charge is 0.265 e. The summed E-state index contributed by atoms with van der Waals surface area (Å²) >= 11 is 0. The Hall–Kier alpha value is -1.42. The minimum absolute atomic E-state index is 0.0655. The van der Waals surface area contributed by atoms with Crippen LogP contribution in [0, 0.1) is 0 Å². The van der Waals surface area contributed by atoms with Crippen molar-refractivity contribution in [3.63, 3.8) is 0 Å². The minimum atomic E-state index is -0.0655. The average molecular weight is 221 g/mol.